The maximum absolute atomic E-state index is 14.2. The fraction of sp³-hybridized carbons (Fsp3) is 0.429. The number of aliphatic carboxylic acids is 1. The Bertz CT molecular complexity index is 1240. The number of nitrogens with zero attached hydrogens (tertiary/aromatic N) is 2. The molecule has 0 bridgehead atoms. The Kier molecular flexibility index (Phi) is 6.50. The highest BCUT2D eigenvalue weighted by Crippen LogP contribution is 2.36. The van der Waals surface area contributed by atoms with Crippen molar-refractivity contribution in [3.05, 3.63) is 71.2 Å². The van der Waals surface area contributed by atoms with E-state index < -0.39 is 12.0 Å². The smallest absolute Gasteiger partial charge is 0.326 e. The van der Waals surface area contributed by atoms with Crippen LogP contribution in [0.2, 0.25) is 0 Å². The van der Waals surface area contributed by atoms with Gasteiger partial charge in [0.05, 0.1) is 0 Å². The highest BCUT2D eigenvalue weighted by Gasteiger charge is 2.32. The molecule has 35 heavy (non-hydrogen) atoms. The number of rotatable bonds is 8. The van der Waals surface area contributed by atoms with Crippen molar-refractivity contribution in [3.8, 4) is 0 Å². The molecule has 6 nitrogen and oxygen atoms in total. The molecule has 0 radical (unpaired) electrons. The second-order valence-corrected chi connectivity index (χ2v) is 9.92. The van der Waals surface area contributed by atoms with Gasteiger partial charge in [0.25, 0.3) is 0 Å². The van der Waals surface area contributed by atoms with Crippen LogP contribution in [0, 0.1) is 11.7 Å². The summed E-state index contributed by atoms with van der Waals surface area (Å²) in [6.45, 7) is 3.18. The van der Waals surface area contributed by atoms with Gasteiger partial charge in [0.2, 0.25) is 0 Å². The molecule has 184 valence electrons. The lowest BCUT2D eigenvalue weighted by molar-refractivity contribution is -0.140. The molecule has 1 fully saturated rings. The summed E-state index contributed by atoms with van der Waals surface area (Å²) in [5.41, 5.74) is 3.75. The molecule has 1 heterocycles. The summed E-state index contributed by atoms with van der Waals surface area (Å²) in [5.74, 6) is -0.653. The summed E-state index contributed by atoms with van der Waals surface area (Å²) in [7, 11) is 0. The van der Waals surface area contributed by atoms with E-state index in [0.717, 1.165) is 40.7 Å². The minimum absolute atomic E-state index is 0.0684. The fourth-order valence-corrected chi connectivity index (χ4v) is 5.41. The van der Waals surface area contributed by atoms with Crippen LogP contribution in [0.5, 0.6) is 0 Å². The van der Waals surface area contributed by atoms with Crippen molar-refractivity contribution in [2.75, 3.05) is 6.54 Å². The van der Waals surface area contributed by atoms with Gasteiger partial charge in [-0.3, -0.25) is 0 Å². The van der Waals surface area contributed by atoms with E-state index in [9.17, 15) is 19.1 Å². The van der Waals surface area contributed by atoms with Gasteiger partial charge in [-0.2, -0.15) is 0 Å². The molecule has 5 rings (SSSR count). The fourth-order valence-electron chi connectivity index (χ4n) is 5.41. The zero-order valence-electron chi connectivity index (χ0n) is 20.0. The summed E-state index contributed by atoms with van der Waals surface area (Å²) in [4.78, 5) is 27.2. The van der Waals surface area contributed by atoms with Gasteiger partial charge in [0.1, 0.15) is 11.9 Å². The first-order valence-electron chi connectivity index (χ1n) is 12.6. The van der Waals surface area contributed by atoms with Crippen LogP contribution in [0.1, 0.15) is 55.5 Å². The molecule has 2 atom stereocenters. The molecule has 2 amide bonds. The van der Waals surface area contributed by atoms with Crippen LogP contribution in [-0.4, -0.2) is 39.2 Å². The first-order valence-corrected chi connectivity index (χ1v) is 12.6. The van der Waals surface area contributed by atoms with Crippen molar-refractivity contribution in [2.45, 2.75) is 64.1 Å². The molecule has 0 aliphatic heterocycles. The third kappa shape index (κ3) is 4.90. The number of amides is 2. The van der Waals surface area contributed by atoms with E-state index in [1.807, 2.05) is 46.7 Å². The van der Waals surface area contributed by atoms with Gasteiger partial charge >= 0.3 is 12.0 Å². The van der Waals surface area contributed by atoms with Crippen molar-refractivity contribution in [1.82, 2.24) is 14.8 Å². The zero-order chi connectivity index (χ0) is 24.5. The second-order valence-electron chi connectivity index (χ2n) is 9.92. The minimum atomic E-state index is -0.886. The average Bonchev–Trinajstić information content (AvgIpc) is 3.62. The summed E-state index contributed by atoms with van der Waals surface area (Å²) >= 11 is 0. The van der Waals surface area contributed by atoms with Crippen LogP contribution in [-0.2, 0) is 24.2 Å². The van der Waals surface area contributed by atoms with E-state index in [2.05, 4.69) is 5.32 Å². The molecular weight excluding hydrogens is 445 g/mol. The van der Waals surface area contributed by atoms with Crippen LogP contribution in [0.3, 0.4) is 0 Å². The van der Waals surface area contributed by atoms with Crippen LogP contribution >= 0.6 is 0 Å². The van der Waals surface area contributed by atoms with Gasteiger partial charge in [0.15, 0.2) is 0 Å². The van der Waals surface area contributed by atoms with E-state index in [0.29, 0.717) is 31.7 Å². The van der Waals surface area contributed by atoms with Crippen LogP contribution in [0.15, 0.2) is 48.5 Å². The molecule has 2 aliphatic carbocycles. The highest BCUT2D eigenvalue weighted by molar-refractivity contribution is 5.88. The van der Waals surface area contributed by atoms with E-state index >= 15 is 0 Å². The van der Waals surface area contributed by atoms with Crippen molar-refractivity contribution in [1.29, 1.82) is 0 Å². The number of nitrogens with one attached hydrogen (secondary N) is 1. The monoisotopic (exact) mass is 477 g/mol. The first-order chi connectivity index (χ1) is 16.9. The third-order valence-electron chi connectivity index (χ3n) is 7.35. The molecule has 1 saturated carbocycles. The minimum Gasteiger partial charge on any atom is -0.480 e. The Labute approximate surface area is 204 Å². The number of urea groups is 1. The summed E-state index contributed by atoms with van der Waals surface area (Å²) < 4.78 is 16.1. The summed E-state index contributed by atoms with van der Waals surface area (Å²) in [6.07, 6.45) is 4.69. The quantitative estimate of drug-likeness (QED) is 0.463. The molecule has 3 aromatic rings. The lowest BCUT2D eigenvalue weighted by Crippen LogP contribution is -2.47. The van der Waals surface area contributed by atoms with Gasteiger partial charge in [-0.15, -0.1) is 0 Å². The molecule has 1 aromatic heterocycles. The van der Waals surface area contributed by atoms with Crippen molar-refractivity contribution in [2.24, 2.45) is 5.92 Å². The highest BCUT2D eigenvalue weighted by atomic mass is 19.1. The summed E-state index contributed by atoms with van der Waals surface area (Å²) in [5, 5.41) is 13.8. The number of carbonyl (C=O) groups excluding carboxylic acids is 1. The van der Waals surface area contributed by atoms with E-state index in [-0.39, 0.29) is 17.9 Å². The number of hydrogen-bond acceptors (Lipinski definition) is 2. The van der Waals surface area contributed by atoms with Crippen LogP contribution in [0.25, 0.3) is 10.9 Å². The van der Waals surface area contributed by atoms with Gasteiger partial charge in [-0.25, -0.2) is 14.0 Å². The van der Waals surface area contributed by atoms with E-state index in [1.54, 1.807) is 6.07 Å². The van der Waals surface area contributed by atoms with Crippen molar-refractivity contribution >= 4 is 22.9 Å². The number of carbonyl (C=O) groups is 2. The molecule has 1 unspecified atom stereocenters. The number of fused-ring (bicyclic) bond motifs is 3. The lowest BCUT2D eigenvalue weighted by Gasteiger charge is -2.30. The number of benzene rings is 2. The molecule has 0 saturated heterocycles. The van der Waals surface area contributed by atoms with Crippen LogP contribution < -0.4 is 5.32 Å². The average molecular weight is 478 g/mol. The Hall–Kier alpha value is -3.35. The normalized spacial score (nSPS) is 18.2. The maximum atomic E-state index is 14.2. The molecule has 2 aromatic carbocycles. The number of halogens is 1. The zero-order valence-corrected chi connectivity index (χ0v) is 20.0. The third-order valence-corrected chi connectivity index (χ3v) is 7.35. The van der Waals surface area contributed by atoms with Gasteiger partial charge in [-0.05, 0) is 73.8 Å². The Morgan fingerprint density at radius 1 is 1.17 bits per heavy atom. The van der Waals surface area contributed by atoms with Gasteiger partial charge in [0, 0.05) is 35.7 Å². The maximum Gasteiger partial charge on any atom is 0.326 e. The molecular formula is C28H32FN3O3. The number of carboxylic acid groups (broad SMARTS) is 1. The topological polar surface area (TPSA) is 74.6 Å². The Balaban J connectivity index is 1.39. The van der Waals surface area contributed by atoms with Crippen molar-refractivity contribution < 1.29 is 19.1 Å². The molecule has 7 heteroatoms. The molecule has 2 N–H and O–H groups in total. The first kappa shape index (κ1) is 23.4. The number of aromatic nitrogens is 1. The predicted octanol–water partition coefficient (Wildman–Crippen LogP) is 5.30. The van der Waals surface area contributed by atoms with Gasteiger partial charge in [-0.1, -0.05) is 37.3 Å². The van der Waals surface area contributed by atoms with Crippen LogP contribution in [0.4, 0.5) is 9.18 Å². The summed E-state index contributed by atoms with van der Waals surface area (Å²) in [6, 6.07) is 13.7. The Morgan fingerprint density at radius 2 is 1.94 bits per heavy atom. The van der Waals surface area contributed by atoms with Crippen molar-refractivity contribution in [3.63, 3.8) is 0 Å². The second kappa shape index (κ2) is 9.72. The van der Waals surface area contributed by atoms with E-state index in [1.165, 1.54) is 25.0 Å². The van der Waals surface area contributed by atoms with E-state index in [4.69, 9.17) is 0 Å². The molecule has 2 aliphatic rings. The largest absolute Gasteiger partial charge is 0.480 e. The standard InChI is InChI=1S/C28H32FN3O3/c1-2-24(27(33)34)32-25-12-10-20(29)14-22(25)23-15-21(11-13-26(23)32)30-28(35)31(17-19-8-9-19)16-18-6-4-3-5-7-18/h3-7,10,12,14,19,21,24H,2,8-9,11,13,15-17H2,1H3,(H,30,35)(H,33,34)/t21-,24?/m0/s1. The molecule has 0 spiro atoms. The lowest BCUT2D eigenvalue weighted by atomic mass is 9.91. The number of carboxylic acids is 1. The predicted molar refractivity (Wildman–Crippen MR) is 133 cm³/mol. The van der Waals surface area contributed by atoms with Gasteiger partial charge < -0.3 is 19.9 Å². The Morgan fingerprint density at radius 3 is 2.63 bits per heavy atom. The SMILES string of the molecule is CCC(C(=O)O)n1c2c(c3cc(F)ccc31)C[C@@H](NC(=O)N(Cc1ccccc1)CC1CC1)CC2. The number of hydrogen-bond donors (Lipinski definition) is 2.